The fraction of sp³-hybridized carbons (Fsp3) is 0.0714. The van der Waals surface area contributed by atoms with Crippen molar-refractivity contribution in [3.8, 4) is 0 Å². The number of hydrogen-bond acceptors (Lipinski definition) is 4. The van der Waals surface area contributed by atoms with E-state index in [1.165, 1.54) is 0 Å². The molecule has 0 unspecified atom stereocenters. The molecule has 2 aromatic heterocycles. The summed E-state index contributed by atoms with van der Waals surface area (Å²) in [5.74, 6) is 0.0836. The average Bonchev–Trinajstić information content (AvgIpc) is 3.04. The van der Waals surface area contributed by atoms with Gasteiger partial charge in [0.2, 0.25) is 0 Å². The highest BCUT2D eigenvalue weighted by Gasteiger charge is 2.12. The fourth-order valence-electron chi connectivity index (χ4n) is 1.84. The monoisotopic (exact) mass is 272 g/mol. The molecule has 1 aromatic carbocycles. The first-order chi connectivity index (χ1) is 9.22. The maximum atomic E-state index is 12.0. The first-order valence-electron chi connectivity index (χ1n) is 5.82. The predicted molar refractivity (Wildman–Crippen MR) is 76.1 cm³/mol. The quantitative estimate of drug-likeness (QED) is 0.720. The van der Waals surface area contributed by atoms with E-state index in [9.17, 15) is 4.79 Å². The molecule has 3 aromatic rings. The summed E-state index contributed by atoms with van der Waals surface area (Å²) in [4.78, 5) is 13.1. The Balaban J connectivity index is 1.77. The van der Waals surface area contributed by atoms with Crippen LogP contribution in [-0.4, -0.2) is 5.91 Å². The first-order valence-corrected chi connectivity index (χ1v) is 6.70. The zero-order valence-corrected chi connectivity index (χ0v) is 10.9. The molecular weight excluding hydrogens is 260 g/mol. The number of furan rings is 1. The Morgan fingerprint density at radius 3 is 3.00 bits per heavy atom. The Hall–Kier alpha value is -2.27. The van der Waals surface area contributed by atoms with E-state index >= 15 is 0 Å². The van der Waals surface area contributed by atoms with Crippen LogP contribution in [-0.2, 0) is 6.54 Å². The molecule has 0 fully saturated rings. The van der Waals surface area contributed by atoms with Gasteiger partial charge in [0, 0.05) is 16.0 Å². The Bertz CT molecular complexity index is 716. The average molecular weight is 272 g/mol. The molecule has 0 saturated carbocycles. The van der Waals surface area contributed by atoms with E-state index in [0.29, 0.717) is 23.6 Å². The number of nitrogens with one attached hydrogen (secondary N) is 1. The summed E-state index contributed by atoms with van der Waals surface area (Å²) in [6.45, 7) is 0.510. The van der Waals surface area contributed by atoms with Crippen molar-refractivity contribution in [2.45, 2.75) is 6.54 Å². The molecular formula is C14H12N2O2S. The predicted octanol–water partition coefficient (Wildman–Crippen LogP) is 3.01. The van der Waals surface area contributed by atoms with E-state index in [1.807, 2.05) is 17.5 Å². The molecule has 4 nitrogen and oxygen atoms in total. The van der Waals surface area contributed by atoms with Crippen molar-refractivity contribution in [3.63, 3.8) is 0 Å². The third kappa shape index (κ3) is 2.46. The van der Waals surface area contributed by atoms with Crippen molar-refractivity contribution in [3.05, 3.63) is 52.4 Å². The Morgan fingerprint density at radius 1 is 1.32 bits per heavy atom. The van der Waals surface area contributed by atoms with E-state index in [1.54, 1.807) is 35.6 Å². The number of benzene rings is 1. The van der Waals surface area contributed by atoms with Crippen molar-refractivity contribution in [1.82, 2.24) is 5.32 Å². The van der Waals surface area contributed by atoms with Crippen LogP contribution < -0.4 is 11.1 Å². The Labute approximate surface area is 113 Å². The standard InChI is InChI=1S/C14H12N2O2S/c15-10-3-4-12-9(6-10)7-13(18-12)14(17)16-8-11-2-1-5-19-11/h1-7H,8,15H2,(H,16,17). The lowest BCUT2D eigenvalue weighted by Crippen LogP contribution is -2.21. The van der Waals surface area contributed by atoms with Gasteiger partial charge < -0.3 is 15.5 Å². The van der Waals surface area contributed by atoms with Crippen molar-refractivity contribution >= 4 is 33.9 Å². The number of amides is 1. The summed E-state index contributed by atoms with van der Waals surface area (Å²) in [5, 5.41) is 5.64. The summed E-state index contributed by atoms with van der Waals surface area (Å²) in [5.41, 5.74) is 7.01. The molecule has 2 heterocycles. The van der Waals surface area contributed by atoms with Gasteiger partial charge in [-0.25, -0.2) is 0 Å². The van der Waals surface area contributed by atoms with E-state index in [4.69, 9.17) is 10.2 Å². The number of anilines is 1. The number of thiophene rings is 1. The highest BCUT2D eigenvalue weighted by molar-refractivity contribution is 7.09. The van der Waals surface area contributed by atoms with Gasteiger partial charge in [0.1, 0.15) is 5.58 Å². The molecule has 0 spiro atoms. The maximum absolute atomic E-state index is 12.0. The zero-order chi connectivity index (χ0) is 13.2. The van der Waals surface area contributed by atoms with E-state index in [2.05, 4.69) is 5.32 Å². The van der Waals surface area contributed by atoms with E-state index in [0.717, 1.165) is 10.3 Å². The number of fused-ring (bicyclic) bond motifs is 1. The minimum absolute atomic E-state index is 0.219. The van der Waals surface area contributed by atoms with Crippen molar-refractivity contribution in [1.29, 1.82) is 0 Å². The van der Waals surface area contributed by atoms with E-state index < -0.39 is 0 Å². The highest BCUT2D eigenvalue weighted by atomic mass is 32.1. The van der Waals surface area contributed by atoms with Crippen LogP contribution >= 0.6 is 11.3 Å². The first kappa shape index (κ1) is 11.8. The third-order valence-electron chi connectivity index (χ3n) is 2.77. The molecule has 1 amide bonds. The minimum atomic E-state index is -0.219. The number of nitrogen functional groups attached to an aromatic ring is 1. The third-order valence-corrected chi connectivity index (χ3v) is 3.64. The van der Waals surface area contributed by atoms with Gasteiger partial charge in [-0.15, -0.1) is 11.3 Å². The van der Waals surface area contributed by atoms with Crippen molar-refractivity contribution in [2.24, 2.45) is 0 Å². The molecule has 19 heavy (non-hydrogen) atoms. The summed E-state index contributed by atoms with van der Waals surface area (Å²) in [6, 6.07) is 10.9. The van der Waals surface area contributed by atoms with Gasteiger partial charge in [-0.1, -0.05) is 6.07 Å². The molecule has 0 atom stereocenters. The van der Waals surface area contributed by atoms with Gasteiger partial charge in [-0.2, -0.15) is 0 Å². The molecule has 5 heteroatoms. The summed E-state index contributed by atoms with van der Waals surface area (Å²) >= 11 is 1.61. The highest BCUT2D eigenvalue weighted by Crippen LogP contribution is 2.21. The largest absolute Gasteiger partial charge is 0.451 e. The Kier molecular flexibility index (Phi) is 2.97. The normalized spacial score (nSPS) is 10.7. The molecule has 96 valence electrons. The van der Waals surface area contributed by atoms with Gasteiger partial charge in [0.15, 0.2) is 5.76 Å². The second-order valence-electron chi connectivity index (χ2n) is 4.17. The summed E-state index contributed by atoms with van der Waals surface area (Å²) in [6.07, 6.45) is 0. The van der Waals surface area contributed by atoms with Crippen LogP contribution in [0.3, 0.4) is 0 Å². The number of nitrogens with two attached hydrogens (primary N) is 1. The molecule has 0 saturated heterocycles. The molecule has 0 bridgehead atoms. The topological polar surface area (TPSA) is 68.3 Å². The molecule has 3 N–H and O–H groups in total. The number of carbonyl (C=O) groups excluding carboxylic acids is 1. The minimum Gasteiger partial charge on any atom is -0.451 e. The van der Waals surface area contributed by atoms with Crippen LogP contribution in [0.4, 0.5) is 5.69 Å². The smallest absolute Gasteiger partial charge is 0.287 e. The van der Waals surface area contributed by atoms with E-state index in [-0.39, 0.29) is 5.91 Å². The SMILES string of the molecule is Nc1ccc2oc(C(=O)NCc3cccs3)cc2c1. The van der Waals surface area contributed by atoms with Crippen LogP contribution in [0.5, 0.6) is 0 Å². The van der Waals surface area contributed by atoms with Gasteiger partial charge in [-0.3, -0.25) is 4.79 Å². The lowest BCUT2D eigenvalue weighted by atomic mass is 10.2. The lowest BCUT2D eigenvalue weighted by Gasteiger charge is -1.99. The van der Waals surface area contributed by atoms with Crippen LogP contribution in [0.1, 0.15) is 15.4 Å². The molecule has 0 aliphatic rings. The number of hydrogen-bond donors (Lipinski definition) is 2. The van der Waals surface area contributed by atoms with Crippen LogP contribution in [0.2, 0.25) is 0 Å². The molecule has 0 aliphatic carbocycles. The van der Waals surface area contributed by atoms with Gasteiger partial charge >= 0.3 is 0 Å². The summed E-state index contributed by atoms with van der Waals surface area (Å²) in [7, 11) is 0. The number of carbonyl (C=O) groups is 1. The second kappa shape index (κ2) is 4.78. The van der Waals surface area contributed by atoms with Gasteiger partial charge in [0.05, 0.1) is 6.54 Å². The second-order valence-corrected chi connectivity index (χ2v) is 5.20. The summed E-state index contributed by atoms with van der Waals surface area (Å²) < 4.78 is 5.49. The Morgan fingerprint density at radius 2 is 2.21 bits per heavy atom. The van der Waals surface area contributed by atoms with Gasteiger partial charge in [0.25, 0.3) is 5.91 Å². The fourth-order valence-corrected chi connectivity index (χ4v) is 2.49. The van der Waals surface area contributed by atoms with Crippen molar-refractivity contribution in [2.75, 3.05) is 5.73 Å². The molecule has 3 rings (SSSR count). The lowest BCUT2D eigenvalue weighted by molar-refractivity contribution is 0.0926. The van der Waals surface area contributed by atoms with Crippen molar-refractivity contribution < 1.29 is 9.21 Å². The molecule has 0 radical (unpaired) electrons. The maximum Gasteiger partial charge on any atom is 0.287 e. The molecule has 0 aliphatic heterocycles. The van der Waals surface area contributed by atoms with Crippen LogP contribution in [0.15, 0.2) is 46.2 Å². The van der Waals surface area contributed by atoms with Crippen LogP contribution in [0, 0.1) is 0 Å². The zero-order valence-electron chi connectivity index (χ0n) is 10.1. The van der Waals surface area contributed by atoms with Gasteiger partial charge in [-0.05, 0) is 35.7 Å². The number of rotatable bonds is 3. The van der Waals surface area contributed by atoms with Crippen LogP contribution in [0.25, 0.3) is 11.0 Å².